The molecule has 0 fully saturated rings. The Balaban J connectivity index is 2.09. The largest absolute Gasteiger partial charge is 0.387 e. The second-order valence-corrected chi connectivity index (χ2v) is 5.06. The molecule has 17 heavy (non-hydrogen) atoms. The molecule has 0 heterocycles. The van der Waals surface area contributed by atoms with Crippen LogP contribution in [0.5, 0.6) is 0 Å². The Hall–Kier alpha value is -1.60. The van der Waals surface area contributed by atoms with E-state index in [0.29, 0.717) is 0 Å². The zero-order valence-corrected chi connectivity index (χ0v) is 9.93. The minimum atomic E-state index is -0.402. The first-order valence-electron chi connectivity index (χ1n) is 6.03. The van der Waals surface area contributed by atoms with Crippen LogP contribution < -0.4 is 0 Å². The van der Waals surface area contributed by atoms with Crippen molar-refractivity contribution in [1.29, 1.82) is 0 Å². The zero-order chi connectivity index (χ0) is 11.9. The summed E-state index contributed by atoms with van der Waals surface area (Å²) in [4.78, 5) is 0. The van der Waals surface area contributed by atoms with Crippen LogP contribution in [0.25, 0.3) is 0 Å². The van der Waals surface area contributed by atoms with Crippen molar-refractivity contribution in [2.75, 3.05) is 0 Å². The SMILES string of the molecule is CC1(c2ccccc2)Cc2ccccc2C1O. The molecule has 1 aliphatic carbocycles. The summed E-state index contributed by atoms with van der Waals surface area (Å²) in [6, 6.07) is 18.5. The highest BCUT2D eigenvalue weighted by atomic mass is 16.3. The molecule has 2 aromatic rings. The van der Waals surface area contributed by atoms with Gasteiger partial charge in [-0.2, -0.15) is 0 Å². The minimum Gasteiger partial charge on any atom is -0.387 e. The molecule has 0 saturated carbocycles. The van der Waals surface area contributed by atoms with Crippen LogP contribution in [0.2, 0.25) is 0 Å². The molecule has 1 N–H and O–H groups in total. The highest BCUT2D eigenvalue weighted by Gasteiger charge is 2.42. The van der Waals surface area contributed by atoms with E-state index in [4.69, 9.17) is 0 Å². The summed E-state index contributed by atoms with van der Waals surface area (Å²) in [6.45, 7) is 2.15. The van der Waals surface area contributed by atoms with Gasteiger partial charge in [0, 0.05) is 5.41 Å². The highest BCUT2D eigenvalue weighted by molar-refractivity contribution is 5.43. The Morgan fingerprint density at radius 3 is 2.35 bits per heavy atom. The standard InChI is InChI=1S/C16H16O/c1-16(13-8-3-2-4-9-13)11-12-7-5-6-10-14(12)15(16)17/h2-10,15,17H,11H2,1H3. The van der Waals surface area contributed by atoms with Gasteiger partial charge in [0.15, 0.2) is 0 Å². The molecule has 86 valence electrons. The number of aliphatic hydroxyl groups excluding tert-OH is 1. The van der Waals surface area contributed by atoms with E-state index in [1.807, 2.05) is 36.4 Å². The van der Waals surface area contributed by atoms with Crippen molar-refractivity contribution < 1.29 is 5.11 Å². The molecule has 0 saturated heterocycles. The van der Waals surface area contributed by atoms with Crippen LogP contribution in [0, 0.1) is 0 Å². The van der Waals surface area contributed by atoms with Gasteiger partial charge in [0.2, 0.25) is 0 Å². The van der Waals surface area contributed by atoms with Crippen LogP contribution in [0.3, 0.4) is 0 Å². The maximum Gasteiger partial charge on any atom is 0.0889 e. The predicted octanol–water partition coefficient (Wildman–Crippen LogP) is 3.23. The average Bonchev–Trinajstić information content (AvgIpc) is 2.65. The average molecular weight is 224 g/mol. The molecule has 0 radical (unpaired) electrons. The van der Waals surface area contributed by atoms with E-state index in [1.165, 1.54) is 11.1 Å². The molecule has 2 atom stereocenters. The molecule has 0 aromatic heterocycles. The van der Waals surface area contributed by atoms with Crippen LogP contribution >= 0.6 is 0 Å². The number of fused-ring (bicyclic) bond motifs is 1. The molecule has 2 unspecified atom stereocenters. The van der Waals surface area contributed by atoms with Gasteiger partial charge < -0.3 is 5.11 Å². The molecule has 2 aromatic carbocycles. The summed E-state index contributed by atoms with van der Waals surface area (Å²) in [5.41, 5.74) is 3.37. The van der Waals surface area contributed by atoms with Crippen LogP contribution in [0.1, 0.15) is 29.7 Å². The van der Waals surface area contributed by atoms with E-state index in [9.17, 15) is 5.11 Å². The lowest BCUT2D eigenvalue weighted by atomic mass is 9.78. The molecular weight excluding hydrogens is 208 g/mol. The summed E-state index contributed by atoms with van der Waals surface area (Å²) in [7, 11) is 0. The first kappa shape index (κ1) is 10.5. The lowest BCUT2D eigenvalue weighted by Crippen LogP contribution is -2.27. The maximum absolute atomic E-state index is 10.6. The fourth-order valence-corrected chi connectivity index (χ4v) is 2.88. The van der Waals surface area contributed by atoms with Crippen molar-refractivity contribution in [3.8, 4) is 0 Å². The van der Waals surface area contributed by atoms with E-state index in [0.717, 1.165) is 12.0 Å². The number of hydrogen-bond acceptors (Lipinski definition) is 1. The molecule has 1 heteroatoms. The fourth-order valence-electron chi connectivity index (χ4n) is 2.88. The lowest BCUT2D eigenvalue weighted by molar-refractivity contribution is 0.105. The van der Waals surface area contributed by atoms with Gasteiger partial charge in [-0.05, 0) is 23.1 Å². The maximum atomic E-state index is 10.6. The van der Waals surface area contributed by atoms with Gasteiger partial charge in [-0.15, -0.1) is 0 Å². The number of aliphatic hydroxyl groups is 1. The van der Waals surface area contributed by atoms with Crippen LogP contribution in [-0.4, -0.2) is 5.11 Å². The Labute approximate surface area is 102 Å². The van der Waals surface area contributed by atoms with Gasteiger partial charge in [0.05, 0.1) is 6.10 Å². The zero-order valence-electron chi connectivity index (χ0n) is 9.93. The summed E-state index contributed by atoms with van der Waals surface area (Å²) in [6.07, 6.45) is 0.509. The second-order valence-electron chi connectivity index (χ2n) is 5.06. The van der Waals surface area contributed by atoms with E-state index in [2.05, 4.69) is 25.1 Å². The third-order valence-electron chi connectivity index (χ3n) is 3.94. The Morgan fingerprint density at radius 2 is 1.65 bits per heavy atom. The van der Waals surface area contributed by atoms with Gasteiger partial charge in [0.25, 0.3) is 0 Å². The normalized spacial score (nSPS) is 26.8. The third kappa shape index (κ3) is 1.50. The Morgan fingerprint density at radius 1 is 1.00 bits per heavy atom. The summed E-state index contributed by atoms with van der Waals surface area (Å²) >= 11 is 0. The minimum absolute atomic E-state index is 0.190. The fraction of sp³-hybridized carbons (Fsp3) is 0.250. The van der Waals surface area contributed by atoms with Gasteiger partial charge in [-0.3, -0.25) is 0 Å². The molecule has 0 amide bonds. The molecular formula is C16H16O. The van der Waals surface area contributed by atoms with E-state index < -0.39 is 6.10 Å². The molecule has 1 aliphatic rings. The first-order chi connectivity index (χ1) is 8.22. The highest BCUT2D eigenvalue weighted by Crippen LogP contribution is 2.47. The second kappa shape index (κ2) is 3.71. The van der Waals surface area contributed by atoms with Crippen molar-refractivity contribution in [3.05, 3.63) is 71.3 Å². The topological polar surface area (TPSA) is 20.2 Å². The molecule has 1 nitrogen and oxygen atoms in total. The van der Waals surface area contributed by atoms with Gasteiger partial charge in [0.1, 0.15) is 0 Å². The first-order valence-corrected chi connectivity index (χ1v) is 6.03. The summed E-state index contributed by atoms with van der Waals surface area (Å²) in [5.74, 6) is 0. The van der Waals surface area contributed by atoms with Crippen molar-refractivity contribution in [2.24, 2.45) is 0 Å². The van der Waals surface area contributed by atoms with Gasteiger partial charge in [-0.1, -0.05) is 61.5 Å². The van der Waals surface area contributed by atoms with E-state index in [1.54, 1.807) is 0 Å². The van der Waals surface area contributed by atoms with E-state index >= 15 is 0 Å². The number of benzene rings is 2. The van der Waals surface area contributed by atoms with E-state index in [-0.39, 0.29) is 5.41 Å². The quantitative estimate of drug-likeness (QED) is 0.788. The Bertz CT molecular complexity index is 532. The van der Waals surface area contributed by atoms with Crippen molar-refractivity contribution >= 4 is 0 Å². The van der Waals surface area contributed by atoms with Crippen molar-refractivity contribution in [1.82, 2.24) is 0 Å². The monoisotopic (exact) mass is 224 g/mol. The predicted molar refractivity (Wildman–Crippen MR) is 68.9 cm³/mol. The van der Waals surface area contributed by atoms with Crippen molar-refractivity contribution in [2.45, 2.75) is 24.9 Å². The lowest BCUT2D eigenvalue weighted by Gasteiger charge is -2.29. The number of rotatable bonds is 1. The smallest absolute Gasteiger partial charge is 0.0889 e. The summed E-state index contributed by atoms with van der Waals surface area (Å²) in [5, 5.41) is 10.6. The van der Waals surface area contributed by atoms with Gasteiger partial charge in [-0.25, -0.2) is 0 Å². The third-order valence-corrected chi connectivity index (χ3v) is 3.94. The molecule has 3 rings (SSSR count). The molecule has 0 aliphatic heterocycles. The van der Waals surface area contributed by atoms with Crippen LogP contribution in [-0.2, 0) is 11.8 Å². The van der Waals surface area contributed by atoms with Gasteiger partial charge >= 0.3 is 0 Å². The molecule has 0 spiro atoms. The summed E-state index contributed by atoms with van der Waals surface area (Å²) < 4.78 is 0. The molecule has 0 bridgehead atoms. The van der Waals surface area contributed by atoms with Crippen LogP contribution in [0.4, 0.5) is 0 Å². The van der Waals surface area contributed by atoms with Crippen LogP contribution in [0.15, 0.2) is 54.6 Å². The van der Waals surface area contributed by atoms with Crippen molar-refractivity contribution in [3.63, 3.8) is 0 Å². The Kier molecular flexibility index (Phi) is 2.30. The number of hydrogen-bond donors (Lipinski definition) is 1.